The molecule has 2 aromatic rings. The fourth-order valence-corrected chi connectivity index (χ4v) is 3.02. The maximum absolute atomic E-state index is 12.8. The van der Waals surface area contributed by atoms with Crippen LogP contribution < -0.4 is 4.90 Å². The summed E-state index contributed by atoms with van der Waals surface area (Å²) in [7, 11) is 1.87. The monoisotopic (exact) mass is 294 g/mol. The maximum Gasteiger partial charge on any atom is 0.256 e. The number of nitrogens with zero attached hydrogens (tertiary/aromatic N) is 2. The molecule has 0 bridgehead atoms. The van der Waals surface area contributed by atoms with Crippen molar-refractivity contribution in [2.45, 2.75) is 19.4 Å². The summed E-state index contributed by atoms with van der Waals surface area (Å²) in [4.78, 5) is 16.9. The summed E-state index contributed by atoms with van der Waals surface area (Å²) < 4.78 is 0. The molecule has 0 spiro atoms. The van der Waals surface area contributed by atoms with E-state index in [9.17, 15) is 4.79 Å². The third-order valence-electron chi connectivity index (χ3n) is 4.19. The van der Waals surface area contributed by atoms with E-state index in [1.807, 2.05) is 43.4 Å². The fraction of sp³-hybridized carbons (Fsp3) is 0.316. The molecule has 2 aromatic carbocycles. The minimum absolute atomic E-state index is 0.0892. The number of hydrogen-bond donors (Lipinski definition) is 0. The van der Waals surface area contributed by atoms with Crippen LogP contribution in [-0.4, -0.2) is 30.9 Å². The van der Waals surface area contributed by atoms with E-state index < -0.39 is 0 Å². The SMILES string of the molecule is CN(Cc1ccccc1)C(=O)c1ccccc1N1CCCC1. The van der Waals surface area contributed by atoms with Gasteiger partial charge in [0, 0.05) is 32.4 Å². The summed E-state index contributed by atoms with van der Waals surface area (Å²) in [6.07, 6.45) is 2.42. The lowest BCUT2D eigenvalue weighted by Crippen LogP contribution is -2.29. The van der Waals surface area contributed by atoms with Gasteiger partial charge in [-0.05, 0) is 30.5 Å². The van der Waals surface area contributed by atoms with Gasteiger partial charge in [0.15, 0.2) is 0 Å². The lowest BCUT2D eigenvalue weighted by molar-refractivity contribution is 0.0785. The molecule has 0 saturated carbocycles. The van der Waals surface area contributed by atoms with Gasteiger partial charge in [-0.25, -0.2) is 0 Å². The molecule has 1 amide bonds. The molecule has 0 radical (unpaired) electrons. The Labute approximate surface area is 132 Å². The molecule has 0 aliphatic carbocycles. The van der Waals surface area contributed by atoms with Gasteiger partial charge >= 0.3 is 0 Å². The molecule has 3 rings (SSSR count). The average molecular weight is 294 g/mol. The van der Waals surface area contributed by atoms with Gasteiger partial charge in [-0.2, -0.15) is 0 Å². The number of anilines is 1. The van der Waals surface area contributed by atoms with Gasteiger partial charge in [0.25, 0.3) is 5.91 Å². The van der Waals surface area contributed by atoms with Crippen LogP contribution in [0.15, 0.2) is 54.6 Å². The third-order valence-corrected chi connectivity index (χ3v) is 4.19. The van der Waals surface area contributed by atoms with Crippen molar-refractivity contribution in [3.05, 3.63) is 65.7 Å². The number of hydrogen-bond acceptors (Lipinski definition) is 2. The molecule has 1 aliphatic rings. The van der Waals surface area contributed by atoms with Crippen LogP contribution in [-0.2, 0) is 6.54 Å². The first-order valence-corrected chi connectivity index (χ1v) is 7.89. The van der Waals surface area contributed by atoms with Crippen LogP contribution >= 0.6 is 0 Å². The maximum atomic E-state index is 12.8. The van der Waals surface area contributed by atoms with Crippen molar-refractivity contribution in [2.75, 3.05) is 25.0 Å². The molecular weight excluding hydrogens is 272 g/mol. The summed E-state index contributed by atoms with van der Waals surface area (Å²) in [6.45, 7) is 2.73. The van der Waals surface area contributed by atoms with Crippen LogP contribution in [0.3, 0.4) is 0 Å². The van der Waals surface area contributed by atoms with Crippen LogP contribution in [0, 0.1) is 0 Å². The number of para-hydroxylation sites is 1. The molecule has 3 nitrogen and oxygen atoms in total. The zero-order valence-corrected chi connectivity index (χ0v) is 13.0. The molecule has 1 aliphatic heterocycles. The summed E-state index contributed by atoms with van der Waals surface area (Å²) in [5.74, 6) is 0.0892. The van der Waals surface area contributed by atoms with Gasteiger partial charge in [0.2, 0.25) is 0 Å². The largest absolute Gasteiger partial charge is 0.371 e. The highest BCUT2D eigenvalue weighted by Crippen LogP contribution is 2.25. The number of amides is 1. The lowest BCUT2D eigenvalue weighted by atomic mass is 10.1. The third kappa shape index (κ3) is 3.14. The van der Waals surface area contributed by atoms with Crippen molar-refractivity contribution >= 4 is 11.6 Å². The van der Waals surface area contributed by atoms with Crippen molar-refractivity contribution in [3.63, 3.8) is 0 Å². The van der Waals surface area contributed by atoms with Crippen LogP contribution in [0.5, 0.6) is 0 Å². The van der Waals surface area contributed by atoms with Crippen LogP contribution in [0.4, 0.5) is 5.69 Å². The number of carbonyl (C=O) groups excluding carboxylic acids is 1. The molecule has 0 unspecified atom stereocenters. The highest BCUT2D eigenvalue weighted by Gasteiger charge is 2.21. The first kappa shape index (κ1) is 14.6. The topological polar surface area (TPSA) is 23.6 Å². The van der Waals surface area contributed by atoms with Gasteiger partial charge in [0.05, 0.1) is 5.56 Å². The average Bonchev–Trinajstić information content (AvgIpc) is 3.09. The molecular formula is C19H22N2O. The minimum atomic E-state index is 0.0892. The van der Waals surface area contributed by atoms with Gasteiger partial charge in [-0.3, -0.25) is 4.79 Å². The van der Waals surface area contributed by atoms with Gasteiger partial charge in [0.1, 0.15) is 0 Å². The second kappa shape index (κ2) is 6.65. The van der Waals surface area contributed by atoms with Crippen molar-refractivity contribution in [2.24, 2.45) is 0 Å². The Kier molecular flexibility index (Phi) is 4.42. The van der Waals surface area contributed by atoms with E-state index in [-0.39, 0.29) is 5.91 Å². The first-order chi connectivity index (χ1) is 10.8. The summed E-state index contributed by atoms with van der Waals surface area (Å²) >= 11 is 0. The Bertz CT molecular complexity index is 633. The van der Waals surface area contributed by atoms with E-state index in [0.29, 0.717) is 6.54 Å². The number of carbonyl (C=O) groups is 1. The Morgan fingerprint density at radius 2 is 1.64 bits per heavy atom. The highest BCUT2D eigenvalue weighted by atomic mass is 16.2. The van der Waals surface area contributed by atoms with Crippen LogP contribution in [0.1, 0.15) is 28.8 Å². The lowest BCUT2D eigenvalue weighted by Gasteiger charge is -2.24. The standard InChI is InChI=1S/C19H22N2O/c1-20(15-16-9-3-2-4-10-16)19(22)17-11-5-6-12-18(17)21-13-7-8-14-21/h2-6,9-12H,7-8,13-15H2,1H3. The van der Waals surface area contributed by atoms with Crippen molar-refractivity contribution in [1.29, 1.82) is 0 Å². The molecule has 0 aromatic heterocycles. The summed E-state index contributed by atoms with van der Waals surface area (Å²) in [5, 5.41) is 0. The molecule has 0 atom stereocenters. The number of rotatable bonds is 4. The Balaban J connectivity index is 1.79. The molecule has 1 heterocycles. The van der Waals surface area contributed by atoms with E-state index >= 15 is 0 Å². The molecule has 1 saturated heterocycles. The number of benzene rings is 2. The normalized spacial score (nSPS) is 14.1. The Morgan fingerprint density at radius 3 is 2.36 bits per heavy atom. The van der Waals surface area contributed by atoms with E-state index in [1.165, 1.54) is 12.8 Å². The summed E-state index contributed by atoms with van der Waals surface area (Å²) in [5.41, 5.74) is 3.03. The van der Waals surface area contributed by atoms with Crippen molar-refractivity contribution < 1.29 is 4.79 Å². The zero-order valence-electron chi connectivity index (χ0n) is 13.0. The molecule has 0 N–H and O–H groups in total. The second-order valence-electron chi connectivity index (χ2n) is 5.86. The predicted molar refractivity (Wildman–Crippen MR) is 90.1 cm³/mol. The molecule has 3 heteroatoms. The Morgan fingerprint density at radius 1 is 1.00 bits per heavy atom. The molecule has 22 heavy (non-hydrogen) atoms. The first-order valence-electron chi connectivity index (χ1n) is 7.89. The second-order valence-corrected chi connectivity index (χ2v) is 5.86. The van der Waals surface area contributed by atoms with E-state index in [0.717, 1.165) is 29.9 Å². The Hall–Kier alpha value is -2.29. The van der Waals surface area contributed by atoms with Gasteiger partial charge in [-0.1, -0.05) is 42.5 Å². The van der Waals surface area contributed by atoms with Crippen LogP contribution in [0.2, 0.25) is 0 Å². The minimum Gasteiger partial charge on any atom is -0.371 e. The van der Waals surface area contributed by atoms with Crippen LogP contribution in [0.25, 0.3) is 0 Å². The van der Waals surface area contributed by atoms with Gasteiger partial charge < -0.3 is 9.80 Å². The molecule has 1 fully saturated rings. The van der Waals surface area contributed by atoms with Crippen molar-refractivity contribution in [3.8, 4) is 0 Å². The fourth-order valence-electron chi connectivity index (χ4n) is 3.02. The van der Waals surface area contributed by atoms with E-state index in [1.54, 1.807) is 4.90 Å². The van der Waals surface area contributed by atoms with E-state index in [4.69, 9.17) is 0 Å². The summed E-state index contributed by atoms with van der Waals surface area (Å²) in [6, 6.07) is 18.1. The van der Waals surface area contributed by atoms with Crippen molar-refractivity contribution in [1.82, 2.24) is 4.90 Å². The zero-order chi connectivity index (χ0) is 15.4. The smallest absolute Gasteiger partial charge is 0.256 e. The predicted octanol–water partition coefficient (Wildman–Crippen LogP) is 3.56. The van der Waals surface area contributed by atoms with E-state index in [2.05, 4.69) is 23.1 Å². The molecule has 114 valence electrons. The quantitative estimate of drug-likeness (QED) is 0.861. The van der Waals surface area contributed by atoms with Gasteiger partial charge in [-0.15, -0.1) is 0 Å². The highest BCUT2D eigenvalue weighted by molar-refractivity contribution is 5.99.